The summed E-state index contributed by atoms with van der Waals surface area (Å²) in [6.45, 7) is 8.07. The highest BCUT2D eigenvalue weighted by Gasteiger charge is 2.18. The summed E-state index contributed by atoms with van der Waals surface area (Å²) in [5.74, 6) is 0. The first-order valence-electron chi connectivity index (χ1n) is 7.05. The standard InChI is InChI=1S/C14H24N4O2/c1-4-17(5-2)11-7-10-16-13-9-6-8-12(15-3)14(13)18(19)20/h6,8-9,15-16H,4-5,7,10-11H2,1-3H3. The predicted octanol–water partition coefficient (Wildman–Crippen LogP) is 2.78. The number of anilines is 2. The smallest absolute Gasteiger partial charge is 0.315 e. The fraction of sp³-hybridized carbons (Fsp3) is 0.571. The summed E-state index contributed by atoms with van der Waals surface area (Å²) >= 11 is 0. The highest BCUT2D eigenvalue weighted by molar-refractivity contribution is 5.75. The molecule has 1 rings (SSSR count). The van der Waals surface area contributed by atoms with E-state index in [-0.39, 0.29) is 10.6 Å². The Labute approximate surface area is 120 Å². The maximum atomic E-state index is 11.2. The van der Waals surface area contributed by atoms with E-state index in [9.17, 15) is 10.1 Å². The molecule has 112 valence electrons. The van der Waals surface area contributed by atoms with Gasteiger partial charge in [0.2, 0.25) is 0 Å². The van der Waals surface area contributed by atoms with E-state index in [1.807, 2.05) is 6.07 Å². The van der Waals surface area contributed by atoms with Crippen LogP contribution < -0.4 is 10.6 Å². The van der Waals surface area contributed by atoms with Gasteiger partial charge in [0.15, 0.2) is 0 Å². The fourth-order valence-electron chi connectivity index (χ4n) is 2.15. The number of hydrogen-bond acceptors (Lipinski definition) is 5. The molecule has 6 nitrogen and oxygen atoms in total. The van der Waals surface area contributed by atoms with E-state index < -0.39 is 0 Å². The minimum atomic E-state index is -0.349. The first-order chi connectivity index (χ1) is 9.63. The Bertz CT molecular complexity index is 433. The third-order valence-corrected chi connectivity index (χ3v) is 3.35. The van der Waals surface area contributed by atoms with Crippen LogP contribution in [-0.4, -0.2) is 43.0 Å². The summed E-state index contributed by atoms with van der Waals surface area (Å²) in [5.41, 5.74) is 1.21. The zero-order valence-corrected chi connectivity index (χ0v) is 12.5. The lowest BCUT2D eigenvalue weighted by molar-refractivity contribution is -0.383. The van der Waals surface area contributed by atoms with E-state index in [0.717, 1.165) is 32.6 Å². The number of nitrogens with one attached hydrogen (secondary N) is 2. The molecule has 0 saturated carbocycles. The van der Waals surface area contributed by atoms with E-state index in [1.54, 1.807) is 19.2 Å². The Morgan fingerprint density at radius 1 is 1.25 bits per heavy atom. The minimum Gasteiger partial charge on any atom is -0.382 e. The molecule has 20 heavy (non-hydrogen) atoms. The van der Waals surface area contributed by atoms with E-state index in [0.29, 0.717) is 11.4 Å². The van der Waals surface area contributed by atoms with Crippen LogP contribution in [0.3, 0.4) is 0 Å². The predicted molar refractivity (Wildman–Crippen MR) is 83.5 cm³/mol. The van der Waals surface area contributed by atoms with E-state index in [4.69, 9.17) is 0 Å². The van der Waals surface area contributed by atoms with Crippen molar-refractivity contribution in [3.63, 3.8) is 0 Å². The molecule has 1 aromatic rings. The maximum absolute atomic E-state index is 11.2. The van der Waals surface area contributed by atoms with E-state index in [2.05, 4.69) is 29.4 Å². The number of nitrogens with zero attached hydrogens (tertiary/aromatic N) is 2. The van der Waals surface area contributed by atoms with Gasteiger partial charge in [-0.1, -0.05) is 19.9 Å². The molecule has 0 fully saturated rings. The first kappa shape index (κ1) is 16.2. The summed E-state index contributed by atoms with van der Waals surface area (Å²) < 4.78 is 0. The Balaban J connectivity index is 2.62. The molecule has 0 heterocycles. The number of rotatable bonds is 9. The molecular formula is C14H24N4O2. The molecule has 0 aliphatic carbocycles. The lowest BCUT2D eigenvalue weighted by Crippen LogP contribution is -2.25. The van der Waals surface area contributed by atoms with E-state index in [1.165, 1.54) is 0 Å². The molecule has 0 radical (unpaired) electrons. The highest BCUT2D eigenvalue weighted by Crippen LogP contribution is 2.32. The molecule has 1 aromatic carbocycles. The Morgan fingerprint density at radius 3 is 2.45 bits per heavy atom. The molecule has 0 saturated heterocycles. The number of nitro benzene ring substituents is 1. The second-order valence-electron chi connectivity index (χ2n) is 4.52. The molecule has 2 N–H and O–H groups in total. The van der Waals surface area contributed by atoms with Gasteiger partial charge in [-0.15, -0.1) is 0 Å². The lowest BCUT2D eigenvalue weighted by atomic mass is 10.2. The van der Waals surface area contributed by atoms with Crippen molar-refractivity contribution in [2.45, 2.75) is 20.3 Å². The SMILES string of the molecule is CCN(CC)CCCNc1cccc(NC)c1[N+](=O)[O-]. The number of nitro groups is 1. The van der Waals surface area contributed by atoms with Crippen molar-refractivity contribution in [3.05, 3.63) is 28.3 Å². The highest BCUT2D eigenvalue weighted by atomic mass is 16.6. The second kappa shape index (κ2) is 8.37. The van der Waals surface area contributed by atoms with E-state index >= 15 is 0 Å². The van der Waals surface area contributed by atoms with Crippen LogP contribution in [0.25, 0.3) is 0 Å². The van der Waals surface area contributed by atoms with Crippen molar-refractivity contribution in [2.75, 3.05) is 43.9 Å². The van der Waals surface area contributed by atoms with Crippen LogP contribution in [-0.2, 0) is 0 Å². The Hall–Kier alpha value is -1.82. The average molecular weight is 280 g/mol. The van der Waals surface area contributed by atoms with Crippen molar-refractivity contribution in [2.24, 2.45) is 0 Å². The van der Waals surface area contributed by atoms with Crippen molar-refractivity contribution >= 4 is 17.1 Å². The summed E-state index contributed by atoms with van der Waals surface area (Å²) in [6, 6.07) is 5.27. The van der Waals surface area contributed by atoms with Crippen molar-refractivity contribution < 1.29 is 4.92 Å². The van der Waals surface area contributed by atoms with Crippen LogP contribution in [0.4, 0.5) is 17.1 Å². The monoisotopic (exact) mass is 280 g/mol. The average Bonchev–Trinajstić information content (AvgIpc) is 2.46. The maximum Gasteiger partial charge on any atom is 0.315 e. The van der Waals surface area contributed by atoms with Crippen LogP contribution in [0.2, 0.25) is 0 Å². The summed E-state index contributed by atoms with van der Waals surface area (Å²) in [4.78, 5) is 13.1. The normalized spacial score (nSPS) is 10.6. The van der Waals surface area contributed by atoms with Gasteiger partial charge >= 0.3 is 5.69 Å². The van der Waals surface area contributed by atoms with Gasteiger partial charge in [0, 0.05) is 13.6 Å². The zero-order valence-electron chi connectivity index (χ0n) is 12.5. The Kier molecular flexibility index (Phi) is 6.79. The molecule has 0 unspecified atom stereocenters. The van der Waals surface area contributed by atoms with Crippen LogP contribution in [0.5, 0.6) is 0 Å². The van der Waals surface area contributed by atoms with Gasteiger partial charge in [0.05, 0.1) is 4.92 Å². The van der Waals surface area contributed by atoms with Gasteiger partial charge in [0.25, 0.3) is 0 Å². The Morgan fingerprint density at radius 2 is 1.90 bits per heavy atom. The molecule has 0 atom stereocenters. The van der Waals surface area contributed by atoms with Gasteiger partial charge in [-0.2, -0.15) is 0 Å². The van der Waals surface area contributed by atoms with Gasteiger partial charge in [-0.05, 0) is 38.2 Å². The van der Waals surface area contributed by atoms with Gasteiger partial charge in [-0.3, -0.25) is 10.1 Å². The first-order valence-corrected chi connectivity index (χ1v) is 7.05. The number of hydrogen-bond donors (Lipinski definition) is 2. The number of benzene rings is 1. The molecule has 0 spiro atoms. The molecular weight excluding hydrogens is 256 g/mol. The third-order valence-electron chi connectivity index (χ3n) is 3.35. The molecule has 0 aliphatic rings. The summed E-state index contributed by atoms with van der Waals surface area (Å²) in [5, 5.41) is 17.2. The largest absolute Gasteiger partial charge is 0.382 e. The molecule has 0 bridgehead atoms. The van der Waals surface area contributed by atoms with Crippen molar-refractivity contribution in [3.8, 4) is 0 Å². The van der Waals surface area contributed by atoms with Gasteiger partial charge in [-0.25, -0.2) is 0 Å². The fourth-order valence-corrected chi connectivity index (χ4v) is 2.15. The zero-order chi connectivity index (χ0) is 15.0. The van der Waals surface area contributed by atoms with Gasteiger partial charge in [0.1, 0.15) is 11.4 Å². The quantitative estimate of drug-likeness (QED) is 0.413. The van der Waals surface area contributed by atoms with Crippen LogP contribution in [0.15, 0.2) is 18.2 Å². The summed E-state index contributed by atoms with van der Waals surface area (Å²) in [6.07, 6.45) is 0.961. The van der Waals surface area contributed by atoms with Crippen molar-refractivity contribution in [1.29, 1.82) is 0 Å². The van der Waals surface area contributed by atoms with Crippen LogP contribution in [0, 0.1) is 10.1 Å². The topological polar surface area (TPSA) is 70.4 Å². The van der Waals surface area contributed by atoms with Crippen LogP contribution in [0.1, 0.15) is 20.3 Å². The molecule has 0 amide bonds. The third kappa shape index (κ3) is 4.38. The second-order valence-corrected chi connectivity index (χ2v) is 4.52. The molecule has 0 aromatic heterocycles. The molecule has 6 heteroatoms. The minimum absolute atomic E-state index is 0.109. The molecule has 0 aliphatic heterocycles. The summed E-state index contributed by atoms with van der Waals surface area (Å²) in [7, 11) is 1.69. The van der Waals surface area contributed by atoms with Crippen LogP contribution >= 0.6 is 0 Å². The number of para-hydroxylation sites is 1. The van der Waals surface area contributed by atoms with Gasteiger partial charge < -0.3 is 15.5 Å². The lowest BCUT2D eigenvalue weighted by Gasteiger charge is -2.18. The van der Waals surface area contributed by atoms with Crippen molar-refractivity contribution in [1.82, 2.24) is 4.90 Å².